The molecule has 0 fully saturated rings. The van der Waals surface area contributed by atoms with E-state index in [1.165, 1.54) is 16.7 Å². The van der Waals surface area contributed by atoms with E-state index in [9.17, 15) is 0 Å². The van der Waals surface area contributed by atoms with Gasteiger partial charge in [-0.2, -0.15) is 0 Å². The molecule has 0 heterocycles. The molecule has 21 heavy (non-hydrogen) atoms. The number of hydrogen-bond acceptors (Lipinski definition) is 3. The highest BCUT2D eigenvalue weighted by molar-refractivity contribution is 7.98. The molecule has 0 aliphatic rings. The highest BCUT2D eigenvalue weighted by atomic mass is 32.2. The van der Waals surface area contributed by atoms with Crippen LogP contribution in [0.25, 0.3) is 0 Å². The Bertz CT molecular complexity index is 599. The monoisotopic (exact) mass is 300 g/mol. The molecule has 2 rings (SSSR count). The van der Waals surface area contributed by atoms with E-state index in [0.717, 1.165) is 5.75 Å². The van der Waals surface area contributed by atoms with Gasteiger partial charge in [0.05, 0.1) is 0 Å². The van der Waals surface area contributed by atoms with Gasteiger partial charge < -0.3 is 10.9 Å². The highest BCUT2D eigenvalue weighted by Crippen LogP contribution is 2.34. The zero-order valence-corrected chi connectivity index (χ0v) is 12.9. The number of aryl methyl sites for hydroxylation is 1. The summed E-state index contributed by atoms with van der Waals surface area (Å²) in [5.74, 6) is 1.17. The van der Waals surface area contributed by atoms with E-state index in [0.29, 0.717) is 6.42 Å². The van der Waals surface area contributed by atoms with E-state index < -0.39 is 0 Å². The van der Waals surface area contributed by atoms with Crippen LogP contribution in [0.5, 0.6) is 0 Å². The fourth-order valence-electron chi connectivity index (χ4n) is 2.13. The van der Waals surface area contributed by atoms with Crippen molar-refractivity contribution in [1.29, 1.82) is 0 Å². The molecule has 0 aromatic heterocycles. The number of rotatable bonds is 6. The van der Waals surface area contributed by atoms with E-state index in [-0.39, 0.29) is 11.1 Å². The zero-order valence-electron chi connectivity index (χ0n) is 12.1. The summed E-state index contributed by atoms with van der Waals surface area (Å²) in [4.78, 5) is 0. The Balaban J connectivity index is 2.11. The first-order valence-electron chi connectivity index (χ1n) is 6.88. The van der Waals surface area contributed by atoms with Crippen molar-refractivity contribution in [3.63, 3.8) is 0 Å². The molecule has 0 bridgehead atoms. The van der Waals surface area contributed by atoms with Crippen molar-refractivity contribution in [3.05, 3.63) is 71.3 Å². The molecule has 1 unspecified atom stereocenters. The summed E-state index contributed by atoms with van der Waals surface area (Å²) in [6.07, 6.45) is 0.539. The van der Waals surface area contributed by atoms with Crippen LogP contribution in [-0.4, -0.2) is 11.0 Å². The summed E-state index contributed by atoms with van der Waals surface area (Å²) in [6.45, 7) is 2.12. The lowest BCUT2D eigenvalue weighted by atomic mass is 10.1. The van der Waals surface area contributed by atoms with Gasteiger partial charge in [-0.15, -0.1) is 11.8 Å². The first-order valence-corrected chi connectivity index (χ1v) is 7.93. The largest absolute Gasteiger partial charge is 0.409 e. The zero-order chi connectivity index (χ0) is 15.1. The predicted molar refractivity (Wildman–Crippen MR) is 89.7 cm³/mol. The van der Waals surface area contributed by atoms with E-state index in [1.807, 2.05) is 30.0 Å². The van der Waals surface area contributed by atoms with Gasteiger partial charge in [-0.05, 0) is 23.6 Å². The van der Waals surface area contributed by atoms with Crippen LogP contribution in [0, 0.1) is 6.92 Å². The molecule has 3 N–H and O–H groups in total. The SMILES string of the molecule is Cc1ccccc1CSC(CC(N)=NO)c1ccccc1. The standard InChI is InChI=1S/C17H20N2OS/c1-13-7-5-6-10-15(13)12-21-16(11-17(18)19-20)14-8-3-2-4-9-14/h2-10,16,20H,11-12H2,1H3,(H2,18,19). The Kier molecular flexibility index (Phi) is 5.69. The summed E-state index contributed by atoms with van der Waals surface area (Å²) in [6, 6.07) is 18.6. The third kappa shape index (κ3) is 4.53. The molecule has 4 heteroatoms. The lowest BCUT2D eigenvalue weighted by Crippen LogP contribution is -2.15. The molecule has 0 amide bonds. The Morgan fingerprint density at radius 2 is 1.81 bits per heavy atom. The lowest BCUT2D eigenvalue weighted by molar-refractivity contribution is 0.317. The summed E-state index contributed by atoms with van der Waals surface area (Å²) in [5, 5.41) is 12.1. The second-order valence-corrected chi connectivity index (χ2v) is 6.12. The third-order valence-electron chi connectivity index (χ3n) is 3.40. The maximum atomic E-state index is 8.81. The molecule has 0 aliphatic carbocycles. The van der Waals surface area contributed by atoms with Crippen LogP contribution in [0.4, 0.5) is 0 Å². The van der Waals surface area contributed by atoms with Gasteiger partial charge in [-0.1, -0.05) is 59.8 Å². The fraction of sp³-hybridized carbons (Fsp3) is 0.235. The molecule has 0 aliphatic heterocycles. The number of hydrogen-bond donors (Lipinski definition) is 2. The number of nitrogens with zero attached hydrogens (tertiary/aromatic N) is 1. The number of nitrogens with two attached hydrogens (primary N) is 1. The number of benzene rings is 2. The molecular formula is C17H20N2OS. The van der Waals surface area contributed by atoms with Crippen LogP contribution in [0.15, 0.2) is 59.8 Å². The smallest absolute Gasteiger partial charge is 0.140 e. The van der Waals surface area contributed by atoms with Crippen molar-refractivity contribution in [2.45, 2.75) is 24.3 Å². The average Bonchev–Trinajstić information content (AvgIpc) is 2.53. The van der Waals surface area contributed by atoms with Gasteiger partial charge >= 0.3 is 0 Å². The van der Waals surface area contributed by atoms with Gasteiger partial charge in [-0.25, -0.2) is 0 Å². The molecule has 3 nitrogen and oxygen atoms in total. The Hall–Kier alpha value is -1.94. The van der Waals surface area contributed by atoms with Crippen LogP contribution in [0.1, 0.15) is 28.4 Å². The van der Waals surface area contributed by atoms with Gasteiger partial charge in [0.25, 0.3) is 0 Å². The summed E-state index contributed by atoms with van der Waals surface area (Å²) in [7, 11) is 0. The minimum atomic E-state index is 0.182. The summed E-state index contributed by atoms with van der Waals surface area (Å²) >= 11 is 1.81. The maximum absolute atomic E-state index is 8.81. The number of amidine groups is 1. The number of oxime groups is 1. The van der Waals surface area contributed by atoms with E-state index in [2.05, 4.69) is 48.5 Å². The number of thioether (sulfide) groups is 1. The van der Waals surface area contributed by atoms with Gasteiger partial charge in [0, 0.05) is 17.4 Å². The van der Waals surface area contributed by atoms with Crippen LogP contribution in [0.3, 0.4) is 0 Å². The molecule has 2 aromatic carbocycles. The average molecular weight is 300 g/mol. The highest BCUT2D eigenvalue weighted by Gasteiger charge is 2.14. The molecule has 2 aromatic rings. The normalized spacial score (nSPS) is 13.1. The van der Waals surface area contributed by atoms with Crippen molar-refractivity contribution in [2.75, 3.05) is 0 Å². The van der Waals surface area contributed by atoms with Crippen molar-refractivity contribution >= 4 is 17.6 Å². The van der Waals surface area contributed by atoms with Gasteiger partial charge in [-0.3, -0.25) is 0 Å². The first kappa shape index (κ1) is 15.4. The van der Waals surface area contributed by atoms with Gasteiger partial charge in [0.2, 0.25) is 0 Å². The molecule has 110 valence electrons. The topological polar surface area (TPSA) is 58.6 Å². The third-order valence-corrected chi connectivity index (χ3v) is 4.71. The summed E-state index contributed by atoms with van der Waals surface area (Å²) in [5.41, 5.74) is 9.51. The molecular weight excluding hydrogens is 280 g/mol. The maximum Gasteiger partial charge on any atom is 0.140 e. The van der Waals surface area contributed by atoms with Gasteiger partial charge in [0.15, 0.2) is 0 Å². The summed E-state index contributed by atoms with van der Waals surface area (Å²) < 4.78 is 0. The van der Waals surface area contributed by atoms with Crippen LogP contribution >= 0.6 is 11.8 Å². The Morgan fingerprint density at radius 1 is 1.14 bits per heavy atom. The first-order chi connectivity index (χ1) is 10.2. The van der Waals surface area contributed by atoms with Crippen LogP contribution < -0.4 is 5.73 Å². The second-order valence-electron chi connectivity index (χ2n) is 4.93. The van der Waals surface area contributed by atoms with Crippen molar-refractivity contribution < 1.29 is 5.21 Å². The Morgan fingerprint density at radius 3 is 2.48 bits per heavy atom. The van der Waals surface area contributed by atoms with E-state index in [1.54, 1.807) is 0 Å². The quantitative estimate of drug-likeness (QED) is 0.365. The van der Waals surface area contributed by atoms with Crippen LogP contribution in [0.2, 0.25) is 0 Å². The van der Waals surface area contributed by atoms with E-state index >= 15 is 0 Å². The predicted octanol–water partition coefficient (Wildman–Crippen LogP) is 4.11. The van der Waals surface area contributed by atoms with Gasteiger partial charge in [0.1, 0.15) is 5.84 Å². The van der Waals surface area contributed by atoms with E-state index in [4.69, 9.17) is 10.9 Å². The molecule has 1 atom stereocenters. The fourth-order valence-corrected chi connectivity index (χ4v) is 3.48. The molecule has 0 saturated heterocycles. The minimum absolute atomic E-state index is 0.182. The minimum Gasteiger partial charge on any atom is -0.409 e. The second kappa shape index (κ2) is 7.74. The van der Waals surface area contributed by atoms with Crippen molar-refractivity contribution in [3.8, 4) is 0 Å². The Labute approximate surface area is 129 Å². The molecule has 0 spiro atoms. The molecule has 0 radical (unpaired) electrons. The van der Waals surface area contributed by atoms with Crippen molar-refractivity contribution in [2.24, 2.45) is 10.9 Å². The lowest BCUT2D eigenvalue weighted by Gasteiger charge is -2.17. The molecule has 0 saturated carbocycles. The van der Waals surface area contributed by atoms with Crippen molar-refractivity contribution in [1.82, 2.24) is 0 Å². The van der Waals surface area contributed by atoms with Crippen LogP contribution in [-0.2, 0) is 5.75 Å².